The average Bonchev–Trinajstić information content (AvgIpc) is 2.72. The van der Waals surface area contributed by atoms with Crippen LogP contribution in [0, 0.1) is 9.77 Å². The quantitative estimate of drug-likeness (QED) is 0.646. The van der Waals surface area contributed by atoms with Gasteiger partial charge in [0.1, 0.15) is 3.70 Å². The first-order chi connectivity index (χ1) is 7.84. The zero-order chi connectivity index (χ0) is 11.0. The van der Waals surface area contributed by atoms with Gasteiger partial charge in [-0.15, -0.1) is 0 Å². The van der Waals surface area contributed by atoms with Crippen LogP contribution in [-0.4, -0.2) is 14.6 Å². The topological polar surface area (TPSA) is 30.2 Å². The van der Waals surface area contributed by atoms with Crippen molar-refractivity contribution in [1.29, 1.82) is 0 Å². The van der Waals surface area contributed by atoms with E-state index in [9.17, 15) is 0 Å². The van der Waals surface area contributed by atoms with Gasteiger partial charge in [0.2, 0.25) is 0 Å². The van der Waals surface area contributed by atoms with Crippen LogP contribution >= 0.6 is 22.6 Å². The fraction of sp³-hybridized carbons (Fsp3) is 0. The number of nitrogens with zero attached hydrogens (tertiary/aromatic N) is 3. The van der Waals surface area contributed by atoms with Crippen molar-refractivity contribution < 1.29 is 0 Å². The van der Waals surface area contributed by atoms with E-state index in [0.29, 0.717) is 0 Å². The molecule has 1 radical (unpaired) electrons. The lowest BCUT2D eigenvalue weighted by atomic mass is 10.1. The van der Waals surface area contributed by atoms with E-state index >= 15 is 0 Å². The Hall–Kier alpha value is -1.43. The summed E-state index contributed by atoms with van der Waals surface area (Å²) in [6.07, 6.45) is 1.81. The highest BCUT2D eigenvalue weighted by Gasteiger charge is 2.04. The number of rotatable bonds is 1. The van der Waals surface area contributed by atoms with Gasteiger partial charge in [-0.2, -0.15) is 5.10 Å². The summed E-state index contributed by atoms with van der Waals surface area (Å²) in [5, 5.41) is 4.54. The molecule has 16 heavy (non-hydrogen) atoms. The zero-order valence-electron chi connectivity index (χ0n) is 8.26. The maximum absolute atomic E-state index is 4.54. The molecule has 3 nitrogen and oxygen atoms in total. The summed E-state index contributed by atoms with van der Waals surface area (Å²) in [7, 11) is 0. The molecule has 0 spiro atoms. The van der Waals surface area contributed by atoms with E-state index in [1.54, 1.807) is 0 Å². The first kappa shape index (κ1) is 9.77. The van der Waals surface area contributed by atoms with Gasteiger partial charge in [-0.1, -0.05) is 24.3 Å². The molecule has 0 saturated heterocycles. The van der Waals surface area contributed by atoms with E-state index in [-0.39, 0.29) is 0 Å². The molecule has 0 aliphatic heterocycles. The number of hydrogen-bond donors (Lipinski definition) is 0. The SMILES string of the molecule is Ic1cnc2ccc(-c3cc[c]cc3)nn12. The average molecular weight is 320 g/mol. The van der Waals surface area contributed by atoms with Crippen LogP contribution in [-0.2, 0) is 0 Å². The molecular weight excluding hydrogens is 313 g/mol. The molecule has 77 valence electrons. The Labute approximate surface area is 106 Å². The zero-order valence-corrected chi connectivity index (χ0v) is 10.4. The molecule has 0 amide bonds. The minimum absolute atomic E-state index is 0.871. The van der Waals surface area contributed by atoms with Crippen LogP contribution in [0.2, 0.25) is 0 Å². The maximum Gasteiger partial charge on any atom is 0.154 e. The second-order valence-corrected chi connectivity index (χ2v) is 4.46. The molecule has 1 aromatic carbocycles. The highest BCUT2D eigenvalue weighted by atomic mass is 127. The minimum atomic E-state index is 0.871. The van der Waals surface area contributed by atoms with Gasteiger partial charge in [0.15, 0.2) is 5.65 Å². The predicted octanol–water partition coefficient (Wildman–Crippen LogP) is 2.80. The van der Waals surface area contributed by atoms with Gasteiger partial charge in [0.05, 0.1) is 11.9 Å². The third-order valence-electron chi connectivity index (χ3n) is 2.33. The van der Waals surface area contributed by atoms with Crippen molar-refractivity contribution in [3.8, 4) is 11.3 Å². The molecule has 4 heteroatoms. The fourth-order valence-electron chi connectivity index (χ4n) is 1.56. The molecule has 3 rings (SSSR count). The molecule has 0 aliphatic rings. The van der Waals surface area contributed by atoms with Gasteiger partial charge in [0.25, 0.3) is 0 Å². The van der Waals surface area contributed by atoms with Crippen molar-refractivity contribution in [2.75, 3.05) is 0 Å². The van der Waals surface area contributed by atoms with Crippen molar-refractivity contribution in [2.24, 2.45) is 0 Å². The number of hydrogen-bond acceptors (Lipinski definition) is 2. The van der Waals surface area contributed by atoms with Crippen LogP contribution in [0.4, 0.5) is 0 Å². The van der Waals surface area contributed by atoms with Crippen LogP contribution in [0.1, 0.15) is 0 Å². The Morgan fingerprint density at radius 3 is 2.75 bits per heavy atom. The van der Waals surface area contributed by atoms with Crippen LogP contribution in [0.25, 0.3) is 16.9 Å². The smallest absolute Gasteiger partial charge is 0.154 e. The maximum atomic E-state index is 4.54. The Morgan fingerprint density at radius 2 is 1.94 bits per heavy atom. The summed E-state index contributed by atoms with van der Waals surface area (Å²) < 4.78 is 2.85. The Morgan fingerprint density at radius 1 is 1.12 bits per heavy atom. The number of aromatic nitrogens is 3. The standard InChI is InChI=1S/C12H7IN3/c13-11-8-14-12-7-6-10(15-16(11)12)9-4-2-1-3-5-9/h2-8H. The normalized spacial score (nSPS) is 10.8. The Balaban J connectivity index is 2.22. The number of benzene rings is 1. The van der Waals surface area contributed by atoms with Gasteiger partial charge in [0, 0.05) is 5.56 Å². The van der Waals surface area contributed by atoms with Crippen LogP contribution < -0.4 is 0 Å². The van der Waals surface area contributed by atoms with Gasteiger partial charge in [-0.3, -0.25) is 0 Å². The summed E-state index contributed by atoms with van der Waals surface area (Å²) in [4.78, 5) is 4.24. The molecule has 3 aromatic rings. The third-order valence-corrected chi connectivity index (χ3v) is 3.07. The van der Waals surface area contributed by atoms with E-state index in [0.717, 1.165) is 20.6 Å². The summed E-state index contributed by atoms with van der Waals surface area (Å²) in [6.45, 7) is 0. The highest BCUT2D eigenvalue weighted by Crippen LogP contribution is 2.17. The van der Waals surface area contributed by atoms with Gasteiger partial charge < -0.3 is 0 Å². The number of imidazole rings is 1. The van der Waals surface area contributed by atoms with Crippen molar-refractivity contribution in [3.05, 3.63) is 52.4 Å². The first-order valence-corrected chi connectivity index (χ1v) is 5.89. The molecule has 0 aliphatic carbocycles. The second kappa shape index (κ2) is 3.86. The van der Waals surface area contributed by atoms with Gasteiger partial charge in [-0.05, 0) is 40.8 Å². The predicted molar refractivity (Wildman–Crippen MR) is 70.0 cm³/mol. The van der Waals surface area contributed by atoms with E-state index < -0.39 is 0 Å². The van der Waals surface area contributed by atoms with Crippen molar-refractivity contribution in [1.82, 2.24) is 14.6 Å². The van der Waals surface area contributed by atoms with E-state index in [1.807, 2.05) is 47.1 Å². The third kappa shape index (κ3) is 1.59. The monoisotopic (exact) mass is 320 g/mol. The molecule has 0 N–H and O–H groups in total. The summed E-state index contributed by atoms with van der Waals surface area (Å²) in [5.41, 5.74) is 2.90. The first-order valence-electron chi connectivity index (χ1n) is 4.81. The van der Waals surface area contributed by atoms with E-state index in [4.69, 9.17) is 0 Å². The molecule has 0 atom stereocenters. The van der Waals surface area contributed by atoms with Crippen LogP contribution in [0.5, 0.6) is 0 Å². The van der Waals surface area contributed by atoms with E-state index in [1.165, 1.54) is 0 Å². The fourth-order valence-corrected chi connectivity index (χ4v) is 2.05. The van der Waals surface area contributed by atoms with Crippen LogP contribution in [0.3, 0.4) is 0 Å². The lowest BCUT2D eigenvalue weighted by molar-refractivity contribution is 0.920. The lowest BCUT2D eigenvalue weighted by Gasteiger charge is -2.01. The van der Waals surface area contributed by atoms with Gasteiger partial charge in [-0.25, -0.2) is 9.50 Å². The molecule has 2 aromatic heterocycles. The van der Waals surface area contributed by atoms with Crippen molar-refractivity contribution in [3.63, 3.8) is 0 Å². The second-order valence-electron chi connectivity index (χ2n) is 3.36. The summed E-state index contributed by atoms with van der Waals surface area (Å²) in [5.74, 6) is 0. The number of halogens is 1. The molecular formula is C12H7IN3. The summed E-state index contributed by atoms with van der Waals surface area (Å²) in [6, 6.07) is 14.7. The highest BCUT2D eigenvalue weighted by molar-refractivity contribution is 14.1. The van der Waals surface area contributed by atoms with Crippen molar-refractivity contribution in [2.45, 2.75) is 0 Å². The largest absolute Gasteiger partial charge is 0.234 e. The minimum Gasteiger partial charge on any atom is -0.234 e. The molecule has 0 saturated carbocycles. The Kier molecular flexibility index (Phi) is 2.36. The Bertz CT molecular complexity index is 631. The molecule has 2 heterocycles. The van der Waals surface area contributed by atoms with E-state index in [2.05, 4.69) is 38.7 Å². The summed E-state index contributed by atoms with van der Waals surface area (Å²) >= 11 is 2.22. The number of fused-ring (bicyclic) bond motifs is 1. The van der Waals surface area contributed by atoms with Gasteiger partial charge >= 0.3 is 0 Å². The van der Waals surface area contributed by atoms with Crippen molar-refractivity contribution >= 4 is 28.2 Å². The molecule has 0 bridgehead atoms. The van der Waals surface area contributed by atoms with Crippen LogP contribution in [0.15, 0.2) is 42.6 Å². The molecule has 0 fully saturated rings. The molecule has 0 unspecified atom stereocenters. The lowest BCUT2D eigenvalue weighted by Crippen LogP contribution is -1.95.